The summed E-state index contributed by atoms with van der Waals surface area (Å²) in [5, 5.41) is 0.118. The number of aromatic nitrogens is 1. The van der Waals surface area contributed by atoms with E-state index in [0.29, 0.717) is 6.54 Å². The minimum atomic E-state index is -3.18. The van der Waals surface area contributed by atoms with Gasteiger partial charge < -0.3 is 5.73 Å². The highest BCUT2D eigenvalue weighted by Gasteiger charge is 2.11. The SMILES string of the molecule is CCS(=O)(=O)c1ccc(CN)cn1.Cl. The highest BCUT2D eigenvalue weighted by Crippen LogP contribution is 2.07. The average Bonchev–Trinajstić information content (AvgIpc) is 2.18. The molecule has 1 aromatic heterocycles. The van der Waals surface area contributed by atoms with Crippen molar-refractivity contribution in [2.75, 3.05) is 5.75 Å². The van der Waals surface area contributed by atoms with Crippen molar-refractivity contribution in [1.82, 2.24) is 4.98 Å². The zero-order valence-corrected chi connectivity index (χ0v) is 9.44. The third kappa shape index (κ3) is 2.94. The van der Waals surface area contributed by atoms with Crippen molar-refractivity contribution in [1.29, 1.82) is 0 Å². The van der Waals surface area contributed by atoms with Gasteiger partial charge in [-0.05, 0) is 11.6 Å². The molecule has 1 aromatic rings. The van der Waals surface area contributed by atoms with Crippen molar-refractivity contribution >= 4 is 22.2 Å². The Bertz CT molecular complexity index is 375. The zero-order chi connectivity index (χ0) is 9.90. The second-order valence-electron chi connectivity index (χ2n) is 2.61. The first-order valence-electron chi connectivity index (χ1n) is 3.98. The Balaban J connectivity index is 0.00000169. The molecule has 0 aliphatic rings. The molecule has 6 heteroatoms. The second-order valence-corrected chi connectivity index (χ2v) is 4.84. The number of sulfone groups is 1. The largest absolute Gasteiger partial charge is 0.326 e. The molecule has 0 aliphatic carbocycles. The number of halogens is 1. The maximum atomic E-state index is 11.3. The van der Waals surface area contributed by atoms with Crippen LogP contribution >= 0.6 is 12.4 Å². The van der Waals surface area contributed by atoms with Gasteiger partial charge in [0.15, 0.2) is 14.9 Å². The van der Waals surface area contributed by atoms with E-state index >= 15 is 0 Å². The summed E-state index contributed by atoms with van der Waals surface area (Å²) in [5.41, 5.74) is 6.18. The van der Waals surface area contributed by atoms with E-state index in [0.717, 1.165) is 5.56 Å². The molecule has 1 rings (SSSR count). The van der Waals surface area contributed by atoms with Gasteiger partial charge >= 0.3 is 0 Å². The van der Waals surface area contributed by atoms with Crippen LogP contribution in [0.4, 0.5) is 0 Å². The highest BCUT2D eigenvalue weighted by molar-refractivity contribution is 7.91. The van der Waals surface area contributed by atoms with Gasteiger partial charge in [0, 0.05) is 12.7 Å². The maximum Gasteiger partial charge on any atom is 0.195 e. The molecular weight excluding hydrogens is 224 g/mol. The third-order valence-corrected chi connectivity index (χ3v) is 3.37. The van der Waals surface area contributed by atoms with Crippen LogP contribution in [0.25, 0.3) is 0 Å². The van der Waals surface area contributed by atoms with Crippen LogP contribution in [0.3, 0.4) is 0 Å². The van der Waals surface area contributed by atoms with E-state index in [1.807, 2.05) is 0 Å². The van der Waals surface area contributed by atoms with Crippen LogP contribution in [0.5, 0.6) is 0 Å². The number of nitrogens with zero attached hydrogens (tertiary/aromatic N) is 1. The first kappa shape index (κ1) is 13.4. The van der Waals surface area contributed by atoms with Gasteiger partial charge in [0.05, 0.1) is 5.75 Å². The number of nitrogens with two attached hydrogens (primary N) is 1. The Morgan fingerprint density at radius 3 is 2.43 bits per heavy atom. The Morgan fingerprint density at radius 2 is 2.07 bits per heavy atom. The summed E-state index contributed by atoms with van der Waals surface area (Å²) in [6.45, 7) is 1.97. The molecule has 0 atom stereocenters. The Labute approximate surface area is 89.9 Å². The molecule has 0 aromatic carbocycles. The Kier molecular flexibility index (Phi) is 5.04. The van der Waals surface area contributed by atoms with Gasteiger partial charge in [0.2, 0.25) is 0 Å². The molecule has 0 saturated heterocycles. The zero-order valence-electron chi connectivity index (χ0n) is 7.80. The molecule has 0 saturated carbocycles. The summed E-state index contributed by atoms with van der Waals surface area (Å²) in [7, 11) is -3.18. The van der Waals surface area contributed by atoms with E-state index in [1.54, 1.807) is 13.0 Å². The summed E-state index contributed by atoms with van der Waals surface area (Å²) in [6.07, 6.45) is 1.49. The summed E-state index contributed by atoms with van der Waals surface area (Å²) in [5.74, 6) is 0.0714. The van der Waals surface area contributed by atoms with Crippen molar-refractivity contribution < 1.29 is 8.42 Å². The van der Waals surface area contributed by atoms with Crippen LogP contribution in [0.15, 0.2) is 23.4 Å². The lowest BCUT2D eigenvalue weighted by molar-refractivity contribution is 0.593. The minimum Gasteiger partial charge on any atom is -0.326 e. The van der Waals surface area contributed by atoms with E-state index < -0.39 is 9.84 Å². The predicted molar refractivity (Wildman–Crippen MR) is 57.1 cm³/mol. The Morgan fingerprint density at radius 1 is 1.43 bits per heavy atom. The molecule has 1 heterocycles. The molecule has 0 spiro atoms. The number of hydrogen-bond acceptors (Lipinski definition) is 4. The summed E-state index contributed by atoms with van der Waals surface area (Å²) in [6, 6.07) is 3.16. The molecule has 2 N–H and O–H groups in total. The predicted octanol–water partition coefficient (Wildman–Crippen LogP) is 0.756. The monoisotopic (exact) mass is 236 g/mol. The van der Waals surface area contributed by atoms with Crippen LogP contribution in [-0.2, 0) is 16.4 Å². The van der Waals surface area contributed by atoms with Gasteiger partial charge in [0.25, 0.3) is 0 Å². The average molecular weight is 237 g/mol. The molecule has 0 bridgehead atoms. The van der Waals surface area contributed by atoms with Gasteiger partial charge in [-0.3, -0.25) is 0 Å². The number of pyridine rings is 1. The lowest BCUT2D eigenvalue weighted by Gasteiger charge is -2.00. The van der Waals surface area contributed by atoms with Crippen LogP contribution in [0.1, 0.15) is 12.5 Å². The molecule has 0 amide bonds. The van der Waals surface area contributed by atoms with Gasteiger partial charge in [-0.15, -0.1) is 12.4 Å². The fraction of sp³-hybridized carbons (Fsp3) is 0.375. The maximum absolute atomic E-state index is 11.3. The van der Waals surface area contributed by atoms with Crippen LogP contribution in [0.2, 0.25) is 0 Å². The van der Waals surface area contributed by atoms with Gasteiger partial charge in [-0.1, -0.05) is 13.0 Å². The van der Waals surface area contributed by atoms with Crippen LogP contribution in [-0.4, -0.2) is 19.2 Å². The topological polar surface area (TPSA) is 73.0 Å². The standard InChI is InChI=1S/C8H12N2O2S.ClH/c1-2-13(11,12)8-4-3-7(5-9)6-10-8;/h3-4,6H,2,5,9H2,1H3;1H. The smallest absolute Gasteiger partial charge is 0.195 e. The highest BCUT2D eigenvalue weighted by atomic mass is 35.5. The molecule has 4 nitrogen and oxygen atoms in total. The molecular formula is C8H13ClN2O2S. The van der Waals surface area contributed by atoms with Crippen molar-refractivity contribution in [2.24, 2.45) is 5.73 Å². The van der Waals surface area contributed by atoms with Crippen molar-refractivity contribution in [3.05, 3.63) is 23.9 Å². The van der Waals surface area contributed by atoms with Crippen LogP contribution < -0.4 is 5.73 Å². The van der Waals surface area contributed by atoms with Crippen LogP contribution in [0, 0.1) is 0 Å². The van der Waals surface area contributed by atoms with Crippen molar-refractivity contribution in [3.8, 4) is 0 Å². The van der Waals surface area contributed by atoms with E-state index in [2.05, 4.69) is 4.98 Å². The van der Waals surface area contributed by atoms with E-state index in [9.17, 15) is 8.42 Å². The van der Waals surface area contributed by atoms with E-state index in [-0.39, 0.29) is 23.2 Å². The molecule has 14 heavy (non-hydrogen) atoms. The molecule has 0 unspecified atom stereocenters. The second kappa shape index (κ2) is 5.29. The first-order valence-corrected chi connectivity index (χ1v) is 5.63. The fourth-order valence-corrected chi connectivity index (χ4v) is 1.65. The molecule has 80 valence electrons. The third-order valence-electron chi connectivity index (χ3n) is 1.73. The quantitative estimate of drug-likeness (QED) is 0.841. The normalized spacial score (nSPS) is 10.7. The van der Waals surface area contributed by atoms with Gasteiger partial charge in [-0.25, -0.2) is 13.4 Å². The van der Waals surface area contributed by atoms with E-state index in [4.69, 9.17) is 5.73 Å². The van der Waals surface area contributed by atoms with Crippen molar-refractivity contribution in [3.63, 3.8) is 0 Å². The summed E-state index contributed by atoms with van der Waals surface area (Å²) < 4.78 is 22.6. The number of hydrogen-bond donors (Lipinski definition) is 1. The van der Waals surface area contributed by atoms with Gasteiger partial charge in [-0.2, -0.15) is 0 Å². The summed E-state index contributed by atoms with van der Waals surface area (Å²) >= 11 is 0. The molecule has 0 fully saturated rings. The van der Waals surface area contributed by atoms with Crippen molar-refractivity contribution in [2.45, 2.75) is 18.5 Å². The number of rotatable bonds is 3. The molecule has 0 aliphatic heterocycles. The fourth-order valence-electron chi connectivity index (χ4n) is 0.864. The lowest BCUT2D eigenvalue weighted by atomic mass is 10.3. The Hall–Kier alpha value is -0.650. The lowest BCUT2D eigenvalue weighted by Crippen LogP contribution is -2.06. The first-order chi connectivity index (χ1) is 6.10. The summed E-state index contributed by atoms with van der Waals surface area (Å²) in [4.78, 5) is 3.82. The minimum absolute atomic E-state index is 0. The molecule has 0 radical (unpaired) electrons. The van der Waals surface area contributed by atoms with E-state index in [1.165, 1.54) is 12.3 Å². The van der Waals surface area contributed by atoms with Gasteiger partial charge in [0.1, 0.15) is 0 Å².